The highest BCUT2D eigenvalue weighted by atomic mass is 32.1. The molecule has 1 aromatic carbocycles. The van der Waals surface area contributed by atoms with E-state index in [-0.39, 0.29) is 22.8 Å². The molecule has 0 aliphatic carbocycles. The van der Waals surface area contributed by atoms with Gasteiger partial charge in [-0.05, 0) is 36.6 Å². The molecule has 1 atom stereocenters. The first-order chi connectivity index (χ1) is 12.4. The molecule has 1 aromatic heterocycles. The van der Waals surface area contributed by atoms with Crippen LogP contribution in [0.5, 0.6) is 5.75 Å². The minimum absolute atomic E-state index is 0.122. The number of amides is 1. The summed E-state index contributed by atoms with van der Waals surface area (Å²) in [5, 5.41) is 4.69. The maximum absolute atomic E-state index is 12.2. The Morgan fingerprint density at radius 3 is 2.19 bits per heavy atom. The number of carbonyl (C=O) groups is 3. The van der Waals surface area contributed by atoms with Gasteiger partial charge in [0.15, 0.2) is 6.10 Å². The van der Waals surface area contributed by atoms with Crippen LogP contribution in [0.15, 0.2) is 35.7 Å². The lowest BCUT2D eigenvalue weighted by atomic mass is 10.1. The highest BCUT2D eigenvalue weighted by Gasteiger charge is 2.18. The third kappa shape index (κ3) is 5.06. The van der Waals surface area contributed by atoms with E-state index in [1.165, 1.54) is 43.8 Å². The number of methoxy groups -OCH3 is 2. The Kier molecular flexibility index (Phi) is 6.74. The quantitative estimate of drug-likeness (QED) is 0.745. The van der Waals surface area contributed by atoms with Gasteiger partial charge < -0.3 is 19.5 Å². The first kappa shape index (κ1) is 19.5. The molecule has 1 N–H and O–H groups in total. The number of benzene rings is 1. The van der Waals surface area contributed by atoms with Crippen LogP contribution in [0.2, 0.25) is 0 Å². The van der Waals surface area contributed by atoms with Crippen molar-refractivity contribution in [2.24, 2.45) is 0 Å². The average molecular weight is 377 g/mol. The summed E-state index contributed by atoms with van der Waals surface area (Å²) < 4.78 is 14.9. The van der Waals surface area contributed by atoms with Crippen molar-refractivity contribution in [2.75, 3.05) is 14.2 Å². The first-order valence-electron chi connectivity index (χ1n) is 7.73. The molecule has 8 heteroatoms. The number of rotatable bonds is 7. The van der Waals surface area contributed by atoms with Gasteiger partial charge in [-0.2, -0.15) is 0 Å². The summed E-state index contributed by atoms with van der Waals surface area (Å²) in [6.45, 7) is 1.98. The number of nitrogens with one attached hydrogen (secondary N) is 1. The van der Waals surface area contributed by atoms with E-state index in [2.05, 4.69) is 14.8 Å². The topological polar surface area (TPSA) is 90.9 Å². The average Bonchev–Trinajstić information content (AvgIpc) is 3.17. The molecule has 26 heavy (non-hydrogen) atoms. The number of esters is 2. The molecule has 138 valence electrons. The summed E-state index contributed by atoms with van der Waals surface area (Å²) in [6.07, 6.45) is -0.826. The minimum atomic E-state index is -0.826. The summed E-state index contributed by atoms with van der Waals surface area (Å²) in [7, 11) is 2.46. The van der Waals surface area contributed by atoms with Crippen molar-refractivity contribution in [2.45, 2.75) is 19.6 Å². The van der Waals surface area contributed by atoms with Gasteiger partial charge in [-0.15, -0.1) is 11.3 Å². The highest BCUT2D eigenvalue weighted by Crippen LogP contribution is 2.20. The monoisotopic (exact) mass is 377 g/mol. The summed E-state index contributed by atoms with van der Waals surface area (Å²) in [5.74, 6) is -1.39. The maximum atomic E-state index is 12.2. The molecule has 0 fully saturated rings. The van der Waals surface area contributed by atoms with E-state index in [9.17, 15) is 14.4 Å². The van der Waals surface area contributed by atoms with E-state index >= 15 is 0 Å². The number of thiophene rings is 1. The Labute approximate surface area is 154 Å². The highest BCUT2D eigenvalue weighted by molar-refractivity contribution is 7.09. The molecule has 0 aliphatic rings. The Bertz CT molecular complexity index is 753. The number of ether oxygens (including phenoxy) is 3. The summed E-state index contributed by atoms with van der Waals surface area (Å²) in [6, 6.07) is 7.96. The Morgan fingerprint density at radius 1 is 1.08 bits per heavy atom. The molecule has 7 nitrogen and oxygen atoms in total. The third-order valence-electron chi connectivity index (χ3n) is 3.45. The fourth-order valence-corrected chi connectivity index (χ4v) is 2.77. The van der Waals surface area contributed by atoms with Gasteiger partial charge in [0.2, 0.25) is 0 Å². The van der Waals surface area contributed by atoms with Crippen LogP contribution < -0.4 is 10.1 Å². The van der Waals surface area contributed by atoms with Crippen molar-refractivity contribution in [3.63, 3.8) is 0 Å². The second kappa shape index (κ2) is 9.00. The zero-order valence-electron chi connectivity index (χ0n) is 14.6. The molecule has 0 spiro atoms. The second-order valence-corrected chi connectivity index (χ2v) is 6.32. The SMILES string of the molecule is COC(=O)c1cc(OC(C)C(=O)NCc2cccs2)cc(C(=O)OC)c1. The van der Waals surface area contributed by atoms with Gasteiger partial charge in [-0.25, -0.2) is 9.59 Å². The third-order valence-corrected chi connectivity index (χ3v) is 4.32. The van der Waals surface area contributed by atoms with Crippen LogP contribution in [-0.4, -0.2) is 38.2 Å². The van der Waals surface area contributed by atoms with E-state index < -0.39 is 18.0 Å². The van der Waals surface area contributed by atoms with Crippen LogP contribution in [0.4, 0.5) is 0 Å². The zero-order valence-corrected chi connectivity index (χ0v) is 15.4. The normalized spacial score (nSPS) is 11.3. The van der Waals surface area contributed by atoms with E-state index in [0.717, 1.165) is 4.88 Å². The van der Waals surface area contributed by atoms with Gasteiger partial charge >= 0.3 is 11.9 Å². The summed E-state index contributed by atoms with van der Waals surface area (Å²) in [4.78, 5) is 36.7. The molecule has 1 heterocycles. The van der Waals surface area contributed by atoms with E-state index in [1.54, 1.807) is 6.92 Å². The molecule has 1 unspecified atom stereocenters. The van der Waals surface area contributed by atoms with Crippen molar-refractivity contribution < 1.29 is 28.6 Å². The van der Waals surface area contributed by atoms with E-state index in [4.69, 9.17) is 4.74 Å². The molecule has 1 amide bonds. The lowest BCUT2D eigenvalue weighted by molar-refractivity contribution is -0.127. The predicted octanol–water partition coefficient (Wildman–Crippen LogP) is 2.41. The van der Waals surface area contributed by atoms with Crippen molar-refractivity contribution >= 4 is 29.2 Å². The molecule has 2 aromatic rings. The second-order valence-electron chi connectivity index (χ2n) is 5.29. The molecule has 0 radical (unpaired) electrons. The van der Waals surface area contributed by atoms with Gasteiger partial charge in [0.05, 0.1) is 31.9 Å². The standard InChI is InChI=1S/C18H19NO6S/c1-11(16(20)19-10-15-5-4-6-26-15)25-14-8-12(17(21)23-2)7-13(9-14)18(22)24-3/h4-9,11H,10H2,1-3H3,(H,19,20). The minimum Gasteiger partial charge on any atom is -0.481 e. The molecule has 0 aliphatic heterocycles. The van der Waals surface area contributed by atoms with Crippen LogP contribution in [0.25, 0.3) is 0 Å². The molecular weight excluding hydrogens is 358 g/mol. The number of carbonyl (C=O) groups excluding carboxylic acids is 3. The summed E-state index contributed by atoms with van der Waals surface area (Å²) in [5.41, 5.74) is 0.244. The molecule has 0 saturated heterocycles. The van der Waals surface area contributed by atoms with Crippen LogP contribution in [0.3, 0.4) is 0 Å². The number of hydrogen-bond acceptors (Lipinski definition) is 7. The first-order valence-corrected chi connectivity index (χ1v) is 8.61. The van der Waals surface area contributed by atoms with Gasteiger partial charge in [0.25, 0.3) is 5.91 Å². The van der Waals surface area contributed by atoms with Crippen molar-refractivity contribution in [3.05, 3.63) is 51.7 Å². The maximum Gasteiger partial charge on any atom is 0.338 e. The lowest BCUT2D eigenvalue weighted by Gasteiger charge is -2.16. The zero-order chi connectivity index (χ0) is 19.1. The van der Waals surface area contributed by atoms with Gasteiger partial charge in [-0.3, -0.25) is 4.79 Å². The van der Waals surface area contributed by atoms with Crippen molar-refractivity contribution in [1.82, 2.24) is 5.32 Å². The Balaban J connectivity index is 2.11. The van der Waals surface area contributed by atoms with Gasteiger partial charge in [-0.1, -0.05) is 6.07 Å². The smallest absolute Gasteiger partial charge is 0.338 e. The van der Waals surface area contributed by atoms with Crippen LogP contribution in [0, 0.1) is 0 Å². The molecule has 2 rings (SSSR count). The molecule has 0 bridgehead atoms. The van der Waals surface area contributed by atoms with Crippen molar-refractivity contribution in [1.29, 1.82) is 0 Å². The molecule has 0 saturated carbocycles. The van der Waals surface area contributed by atoms with Gasteiger partial charge in [0, 0.05) is 4.88 Å². The largest absolute Gasteiger partial charge is 0.481 e. The van der Waals surface area contributed by atoms with E-state index in [1.807, 2.05) is 17.5 Å². The Hall–Kier alpha value is -2.87. The molecular formula is C18H19NO6S. The van der Waals surface area contributed by atoms with Crippen molar-refractivity contribution in [3.8, 4) is 5.75 Å². The fourth-order valence-electron chi connectivity index (χ4n) is 2.13. The number of hydrogen-bond donors (Lipinski definition) is 1. The van der Waals surface area contributed by atoms with Gasteiger partial charge in [0.1, 0.15) is 5.75 Å². The van der Waals surface area contributed by atoms with Crippen LogP contribution in [-0.2, 0) is 20.8 Å². The fraction of sp³-hybridized carbons (Fsp3) is 0.278. The Morgan fingerprint density at radius 2 is 1.69 bits per heavy atom. The van der Waals surface area contributed by atoms with Crippen LogP contribution in [0.1, 0.15) is 32.5 Å². The predicted molar refractivity (Wildman–Crippen MR) is 95.4 cm³/mol. The van der Waals surface area contributed by atoms with Crippen LogP contribution >= 0.6 is 11.3 Å². The van der Waals surface area contributed by atoms with E-state index in [0.29, 0.717) is 6.54 Å². The summed E-state index contributed by atoms with van der Waals surface area (Å²) >= 11 is 1.54. The lowest BCUT2D eigenvalue weighted by Crippen LogP contribution is -2.35.